The first-order valence-electron chi connectivity index (χ1n) is 8.82. The van der Waals surface area contributed by atoms with Gasteiger partial charge in [-0.25, -0.2) is 0 Å². The van der Waals surface area contributed by atoms with E-state index in [9.17, 15) is 4.79 Å². The highest BCUT2D eigenvalue weighted by Gasteiger charge is 2.04. The van der Waals surface area contributed by atoms with Crippen LogP contribution in [0, 0.1) is 0 Å². The molecule has 1 amide bonds. The van der Waals surface area contributed by atoms with Crippen molar-refractivity contribution in [3.05, 3.63) is 71.3 Å². The fourth-order valence-corrected chi connectivity index (χ4v) is 2.02. The molecule has 0 saturated heterocycles. The Morgan fingerprint density at radius 1 is 0.792 bits per heavy atom. The average Bonchev–Trinajstić information content (AvgIpc) is 2.64. The molecule has 0 radical (unpaired) electrons. The Morgan fingerprint density at radius 3 is 1.71 bits per heavy atom. The normalized spacial score (nSPS) is 9.54. The van der Waals surface area contributed by atoms with Crippen molar-refractivity contribution < 1.29 is 4.79 Å². The first-order chi connectivity index (χ1) is 11.5. The molecule has 24 heavy (non-hydrogen) atoms. The Hall–Kier alpha value is -2.09. The number of amides is 1. The van der Waals surface area contributed by atoms with Gasteiger partial charge in [0.15, 0.2) is 0 Å². The van der Waals surface area contributed by atoms with E-state index in [4.69, 9.17) is 0 Å². The summed E-state index contributed by atoms with van der Waals surface area (Å²) in [6.07, 6.45) is 0. The van der Waals surface area contributed by atoms with Crippen LogP contribution in [0.2, 0.25) is 0 Å². The minimum atomic E-state index is -0.0255. The van der Waals surface area contributed by atoms with Gasteiger partial charge in [0.2, 0.25) is 0 Å². The van der Waals surface area contributed by atoms with Crippen molar-refractivity contribution in [3.8, 4) is 0 Å². The van der Waals surface area contributed by atoms with Crippen LogP contribution >= 0.6 is 0 Å². The third kappa shape index (κ3) is 7.96. The number of carbonyl (C=O) groups is 1. The fourth-order valence-electron chi connectivity index (χ4n) is 2.02. The summed E-state index contributed by atoms with van der Waals surface area (Å²) >= 11 is 0. The zero-order valence-electron chi connectivity index (χ0n) is 16.3. The molecule has 1 N–H and O–H groups in total. The molecule has 0 aliphatic heterocycles. The van der Waals surface area contributed by atoms with Gasteiger partial charge in [0.05, 0.1) is 0 Å². The number of hydrogen-bond donors (Lipinski definition) is 1. The Balaban J connectivity index is 0.000000420. The van der Waals surface area contributed by atoms with Gasteiger partial charge >= 0.3 is 0 Å². The lowest BCUT2D eigenvalue weighted by Gasteiger charge is -2.06. The van der Waals surface area contributed by atoms with Gasteiger partial charge in [-0.2, -0.15) is 0 Å². The van der Waals surface area contributed by atoms with Crippen molar-refractivity contribution in [2.45, 2.75) is 53.4 Å². The summed E-state index contributed by atoms with van der Waals surface area (Å²) < 4.78 is 0. The SMILES string of the molecule is CC.CC(C)c1ccccc1.CNC(=O)c1cccc(C(C)C)c1. The van der Waals surface area contributed by atoms with E-state index in [2.05, 4.69) is 57.3 Å². The second-order valence-corrected chi connectivity index (χ2v) is 5.92. The molecule has 0 aliphatic carbocycles. The van der Waals surface area contributed by atoms with Gasteiger partial charge in [0.1, 0.15) is 0 Å². The summed E-state index contributed by atoms with van der Waals surface area (Å²) in [4.78, 5) is 11.3. The number of hydrogen-bond acceptors (Lipinski definition) is 1. The van der Waals surface area contributed by atoms with Gasteiger partial charge < -0.3 is 5.32 Å². The van der Waals surface area contributed by atoms with Crippen molar-refractivity contribution in [2.24, 2.45) is 0 Å². The highest BCUT2D eigenvalue weighted by Crippen LogP contribution is 2.15. The highest BCUT2D eigenvalue weighted by molar-refractivity contribution is 5.94. The van der Waals surface area contributed by atoms with Crippen LogP contribution in [0.4, 0.5) is 0 Å². The maximum atomic E-state index is 11.3. The van der Waals surface area contributed by atoms with Crippen molar-refractivity contribution >= 4 is 5.91 Å². The predicted octanol–water partition coefficient (Wildman–Crippen LogP) is 6.01. The monoisotopic (exact) mass is 327 g/mol. The van der Waals surface area contributed by atoms with Crippen LogP contribution in [0.5, 0.6) is 0 Å². The van der Waals surface area contributed by atoms with E-state index in [1.807, 2.05) is 44.2 Å². The van der Waals surface area contributed by atoms with Crippen molar-refractivity contribution in [3.63, 3.8) is 0 Å². The van der Waals surface area contributed by atoms with Gasteiger partial charge in [-0.15, -0.1) is 0 Å². The molecule has 0 heterocycles. The largest absolute Gasteiger partial charge is 0.355 e. The van der Waals surface area contributed by atoms with Crippen LogP contribution in [-0.4, -0.2) is 13.0 Å². The molecule has 0 spiro atoms. The second-order valence-electron chi connectivity index (χ2n) is 5.92. The third-order valence-corrected chi connectivity index (χ3v) is 3.51. The van der Waals surface area contributed by atoms with E-state index in [1.54, 1.807) is 7.05 Å². The number of carbonyl (C=O) groups excluding carboxylic acids is 1. The molecule has 0 bridgehead atoms. The minimum Gasteiger partial charge on any atom is -0.355 e. The molecule has 2 heteroatoms. The van der Waals surface area contributed by atoms with E-state index >= 15 is 0 Å². The topological polar surface area (TPSA) is 29.1 Å². The molecule has 2 aromatic rings. The fraction of sp³-hybridized carbons (Fsp3) is 0.409. The minimum absolute atomic E-state index is 0.0255. The summed E-state index contributed by atoms with van der Waals surface area (Å²) in [6.45, 7) is 12.6. The number of benzene rings is 2. The lowest BCUT2D eigenvalue weighted by Crippen LogP contribution is -2.17. The van der Waals surface area contributed by atoms with Crippen LogP contribution < -0.4 is 5.32 Å². The Kier molecular flexibility index (Phi) is 11.3. The molecular weight excluding hydrogens is 294 g/mol. The smallest absolute Gasteiger partial charge is 0.251 e. The Morgan fingerprint density at radius 2 is 1.29 bits per heavy atom. The molecule has 0 aliphatic rings. The lowest BCUT2D eigenvalue weighted by atomic mass is 10.0. The maximum absolute atomic E-state index is 11.3. The molecule has 2 rings (SSSR count). The third-order valence-electron chi connectivity index (χ3n) is 3.51. The average molecular weight is 328 g/mol. The van der Waals surface area contributed by atoms with E-state index in [-0.39, 0.29) is 5.91 Å². The van der Waals surface area contributed by atoms with Gasteiger partial charge in [0, 0.05) is 12.6 Å². The zero-order valence-corrected chi connectivity index (χ0v) is 16.3. The quantitative estimate of drug-likeness (QED) is 0.735. The first kappa shape index (κ1) is 21.9. The molecule has 0 fully saturated rings. The molecule has 132 valence electrons. The Labute approximate surface area is 148 Å². The predicted molar refractivity (Wildman–Crippen MR) is 106 cm³/mol. The molecule has 0 atom stereocenters. The van der Waals surface area contributed by atoms with Crippen molar-refractivity contribution in [1.82, 2.24) is 5.32 Å². The van der Waals surface area contributed by atoms with Gasteiger partial charge in [-0.1, -0.05) is 84.0 Å². The van der Waals surface area contributed by atoms with Crippen LogP contribution in [0.25, 0.3) is 0 Å². The summed E-state index contributed by atoms with van der Waals surface area (Å²) in [5.74, 6) is 1.10. The van der Waals surface area contributed by atoms with Crippen LogP contribution in [0.1, 0.15) is 74.9 Å². The summed E-state index contributed by atoms with van der Waals surface area (Å²) in [5, 5.41) is 2.61. The molecular formula is C22H33NO. The van der Waals surface area contributed by atoms with E-state index in [0.717, 1.165) is 5.56 Å². The number of nitrogens with one attached hydrogen (secondary N) is 1. The summed E-state index contributed by atoms with van der Waals surface area (Å²) in [6, 6.07) is 18.2. The highest BCUT2D eigenvalue weighted by atomic mass is 16.1. The van der Waals surface area contributed by atoms with Gasteiger partial charge in [-0.05, 0) is 35.1 Å². The van der Waals surface area contributed by atoms with E-state index < -0.39 is 0 Å². The van der Waals surface area contributed by atoms with Crippen molar-refractivity contribution in [1.29, 1.82) is 0 Å². The zero-order chi connectivity index (χ0) is 18.5. The van der Waals surface area contributed by atoms with Gasteiger partial charge in [-0.3, -0.25) is 4.79 Å². The Bertz CT molecular complexity index is 574. The second kappa shape index (κ2) is 12.3. The van der Waals surface area contributed by atoms with E-state index in [1.165, 1.54) is 11.1 Å². The summed E-state index contributed by atoms with van der Waals surface area (Å²) in [5.41, 5.74) is 3.34. The van der Waals surface area contributed by atoms with Crippen LogP contribution in [0.3, 0.4) is 0 Å². The maximum Gasteiger partial charge on any atom is 0.251 e. The van der Waals surface area contributed by atoms with Crippen LogP contribution in [-0.2, 0) is 0 Å². The summed E-state index contributed by atoms with van der Waals surface area (Å²) in [7, 11) is 1.64. The lowest BCUT2D eigenvalue weighted by molar-refractivity contribution is 0.0963. The van der Waals surface area contributed by atoms with Gasteiger partial charge in [0.25, 0.3) is 5.91 Å². The molecule has 0 unspecified atom stereocenters. The molecule has 2 aromatic carbocycles. The number of rotatable bonds is 3. The van der Waals surface area contributed by atoms with Crippen LogP contribution in [0.15, 0.2) is 54.6 Å². The van der Waals surface area contributed by atoms with Crippen molar-refractivity contribution in [2.75, 3.05) is 7.05 Å². The molecule has 0 saturated carbocycles. The first-order valence-corrected chi connectivity index (χ1v) is 8.82. The molecule has 0 aromatic heterocycles. The standard InChI is InChI=1S/C11H15NO.C9H12.C2H6/c1-8(2)9-5-4-6-10(7-9)11(13)12-3;1-8(2)9-6-4-3-5-7-9;1-2/h4-8H,1-3H3,(H,12,13);3-8H,1-2H3;1-2H3. The molecule has 2 nitrogen and oxygen atoms in total. The van der Waals surface area contributed by atoms with E-state index in [0.29, 0.717) is 11.8 Å².